The molecular weight excluding hydrogens is 200 g/mol. The summed E-state index contributed by atoms with van der Waals surface area (Å²) in [5.41, 5.74) is 0. The Kier molecular flexibility index (Phi) is 19.0. The molecule has 0 aliphatic heterocycles. The fraction of sp³-hybridized carbons (Fsp3) is 0. The van der Waals surface area contributed by atoms with Gasteiger partial charge in [-0.2, -0.15) is 36.4 Å². The van der Waals surface area contributed by atoms with Crippen LogP contribution in [0.3, 0.4) is 0 Å². The van der Waals surface area contributed by atoms with Crippen molar-refractivity contribution in [3.05, 3.63) is 73.0 Å². The van der Waals surface area contributed by atoms with Crippen molar-refractivity contribution in [3.8, 4) is 0 Å². The smallest absolute Gasteiger partial charge is 0.693 e. The fourth-order valence-corrected chi connectivity index (χ4v) is 0.642. The molecule has 2 aromatic carbocycles. The van der Waals surface area contributed by atoms with Gasteiger partial charge in [-0.3, -0.25) is 0 Å². The van der Waals surface area contributed by atoms with E-state index in [1.54, 1.807) is 0 Å². The van der Waals surface area contributed by atoms with Crippen molar-refractivity contribution in [1.82, 2.24) is 0 Å². The molecule has 2 nitrogen and oxygen atoms in total. The SMILES string of the molecule is [Cr+4].[NH2-].[NH2-].c1cc[cH-]c1.c1cc[cH-]c1. The van der Waals surface area contributed by atoms with E-state index in [1.807, 2.05) is 60.7 Å². The summed E-state index contributed by atoms with van der Waals surface area (Å²) in [7, 11) is 0. The molecule has 13 heavy (non-hydrogen) atoms. The van der Waals surface area contributed by atoms with Gasteiger partial charge in [0, 0.05) is 0 Å². The molecule has 0 aliphatic rings. The molecule has 2 aromatic rings. The first kappa shape index (κ1) is 18.0. The van der Waals surface area contributed by atoms with Crippen molar-refractivity contribution in [1.29, 1.82) is 0 Å². The molecule has 0 amide bonds. The van der Waals surface area contributed by atoms with Gasteiger partial charge in [0.15, 0.2) is 0 Å². The second-order valence-electron chi connectivity index (χ2n) is 1.92. The molecular formula is C10H14CrN2. The summed E-state index contributed by atoms with van der Waals surface area (Å²) in [6.07, 6.45) is 0. The molecule has 0 aromatic heterocycles. The minimum Gasteiger partial charge on any atom is -0.693 e. The molecule has 2 rings (SSSR count). The van der Waals surface area contributed by atoms with Gasteiger partial charge in [0.1, 0.15) is 0 Å². The Balaban J connectivity index is -0.000000125. The van der Waals surface area contributed by atoms with E-state index in [-0.39, 0.29) is 29.7 Å². The molecule has 0 unspecified atom stereocenters. The summed E-state index contributed by atoms with van der Waals surface area (Å²) in [6, 6.07) is 20.0. The van der Waals surface area contributed by atoms with Crippen LogP contribution in [-0.2, 0) is 17.4 Å². The van der Waals surface area contributed by atoms with Gasteiger partial charge in [0.25, 0.3) is 0 Å². The van der Waals surface area contributed by atoms with Crippen LogP contribution in [0, 0.1) is 0 Å². The van der Waals surface area contributed by atoms with Crippen molar-refractivity contribution in [2.24, 2.45) is 0 Å². The summed E-state index contributed by atoms with van der Waals surface area (Å²) < 4.78 is 0. The first-order chi connectivity index (χ1) is 5.00. The molecule has 0 bridgehead atoms. The van der Waals surface area contributed by atoms with E-state index in [1.165, 1.54) is 0 Å². The normalized spacial score (nSPS) is 6.15. The van der Waals surface area contributed by atoms with Crippen molar-refractivity contribution in [3.63, 3.8) is 0 Å². The molecule has 70 valence electrons. The zero-order valence-electron chi connectivity index (χ0n) is 7.34. The topological polar surface area (TPSA) is 67.0 Å². The molecule has 0 heterocycles. The van der Waals surface area contributed by atoms with Gasteiger partial charge in [-0.15, -0.1) is 0 Å². The van der Waals surface area contributed by atoms with Gasteiger partial charge < -0.3 is 12.3 Å². The second-order valence-corrected chi connectivity index (χ2v) is 1.92. The molecule has 0 radical (unpaired) electrons. The van der Waals surface area contributed by atoms with Gasteiger partial charge in [-0.05, 0) is 0 Å². The predicted octanol–water partition coefficient (Wildman–Crippen LogP) is 4.24. The Morgan fingerprint density at radius 2 is 0.769 bits per heavy atom. The molecule has 0 atom stereocenters. The van der Waals surface area contributed by atoms with Crippen molar-refractivity contribution < 1.29 is 17.4 Å². The third-order valence-corrected chi connectivity index (χ3v) is 1.11. The van der Waals surface area contributed by atoms with E-state index >= 15 is 0 Å². The van der Waals surface area contributed by atoms with Crippen LogP contribution in [0.2, 0.25) is 0 Å². The maximum absolute atomic E-state index is 2.00. The molecule has 0 saturated carbocycles. The average Bonchev–Trinajstić information content (AvgIpc) is 2.67. The Bertz CT molecular complexity index is 152. The molecule has 4 N–H and O–H groups in total. The predicted molar refractivity (Wildman–Crippen MR) is 54.6 cm³/mol. The molecule has 0 spiro atoms. The van der Waals surface area contributed by atoms with Crippen LogP contribution in [0.5, 0.6) is 0 Å². The van der Waals surface area contributed by atoms with E-state index < -0.39 is 0 Å². The molecule has 0 fully saturated rings. The number of rotatable bonds is 0. The molecule has 0 saturated heterocycles. The van der Waals surface area contributed by atoms with Crippen LogP contribution in [0.4, 0.5) is 0 Å². The van der Waals surface area contributed by atoms with Crippen LogP contribution in [0.25, 0.3) is 12.3 Å². The maximum atomic E-state index is 2.00. The van der Waals surface area contributed by atoms with Crippen molar-refractivity contribution in [2.45, 2.75) is 0 Å². The van der Waals surface area contributed by atoms with Crippen LogP contribution in [0.15, 0.2) is 60.7 Å². The van der Waals surface area contributed by atoms with Crippen LogP contribution < -0.4 is 0 Å². The van der Waals surface area contributed by atoms with E-state index in [2.05, 4.69) is 0 Å². The Morgan fingerprint density at radius 3 is 0.846 bits per heavy atom. The Labute approximate surface area is 90.6 Å². The number of hydrogen-bond acceptors (Lipinski definition) is 0. The standard InChI is InChI=1S/2C5H5.Cr.2H2N/c2*1-2-4-5-3-1;;;/h2*1-5H;;2*1H2/q2*-1;+4;2*-1. The summed E-state index contributed by atoms with van der Waals surface area (Å²) in [5, 5.41) is 0. The van der Waals surface area contributed by atoms with Crippen LogP contribution >= 0.6 is 0 Å². The van der Waals surface area contributed by atoms with Crippen LogP contribution in [-0.4, -0.2) is 0 Å². The summed E-state index contributed by atoms with van der Waals surface area (Å²) >= 11 is 0. The fourth-order valence-electron chi connectivity index (χ4n) is 0.642. The number of hydrogen-bond donors (Lipinski definition) is 0. The van der Waals surface area contributed by atoms with Gasteiger partial charge in [-0.1, -0.05) is 0 Å². The second kappa shape index (κ2) is 13.7. The monoisotopic (exact) mass is 214 g/mol. The summed E-state index contributed by atoms with van der Waals surface area (Å²) in [4.78, 5) is 0. The van der Waals surface area contributed by atoms with E-state index in [9.17, 15) is 0 Å². The Morgan fingerprint density at radius 1 is 0.538 bits per heavy atom. The molecule has 3 heteroatoms. The number of nitrogens with two attached hydrogens (primary N) is 2. The minimum atomic E-state index is 0. The van der Waals surface area contributed by atoms with E-state index in [0.29, 0.717) is 0 Å². The summed E-state index contributed by atoms with van der Waals surface area (Å²) in [5.74, 6) is 0. The van der Waals surface area contributed by atoms with E-state index in [0.717, 1.165) is 0 Å². The average molecular weight is 214 g/mol. The van der Waals surface area contributed by atoms with Gasteiger partial charge in [-0.25, -0.2) is 24.3 Å². The third kappa shape index (κ3) is 11.2. The van der Waals surface area contributed by atoms with E-state index in [4.69, 9.17) is 0 Å². The minimum absolute atomic E-state index is 0. The van der Waals surface area contributed by atoms with Gasteiger partial charge in [0.2, 0.25) is 0 Å². The largest absolute Gasteiger partial charge is 4.00 e. The van der Waals surface area contributed by atoms with Gasteiger partial charge >= 0.3 is 17.4 Å². The first-order valence-electron chi connectivity index (χ1n) is 3.33. The van der Waals surface area contributed by atoms with Gasteiger partial charge in [0.05, 0.1) is 0 Å². The summed E-state index contributed by atoms with van der Waals surface area (Å²) in [6.45, 7) is 0. The quantitative estimate of drug-likeness (QED) is 0.588. The van der Waals surface area contributed by atoms with Crippen LogP contribution in [0.1, 0.15) is 0 Å². The molecule has 0 aliphatic carbocycles. The first-order valence-corrected chi connectivity index (χ1v) is 3.33. The Hall–Kier alpha value is -0.848. The zero-order valence-corrected chi connectivity index (χ0v) is 8.61. The third-order valence-electron chi connectivity index (χ3n) is 1.11. The zero-order chi connectivity index (χ0) is 7.07. The van der Waals surface area contributed by atoms with Crippen molar-refractivity contribution in [2.75, 3.05) is 0 Å². The maximum Gasteiger partial charge on any atom is 4.00 e. The van der Waals surface area contributed by atoms with Crippen molar-refractivity contribution >= 4 is 0 Å².